The first-order valence-electron chi connectivity index (χ1n) is 6.31. The summed E-state index contributed by atoms with van der Waals surface area (Å²) in [6.45, 7) is 0.359. The standard InChI is InChI=1S/C15H12BNO3/c17-9-11-5-7-12(8-6-11)10-19-15-13-3-1-2-4-14(13)16(18)20-15/h1-8,15,18H,10H2. The maximum Gasteiger partial charge on any atom is 0.493 e. The Morgan fingerprint density at radius 2 is 1.95 bits per heavy atom. The van der Waals surface area contributed by atoms with Crippen LogP contribution >= 0.6 is 0 Å². The molecular formula is C15H12BNO3. The molecule has 0 aliphatic carbocycles. The number of fused-ring (bicyclic) bond motifs is 1. The highest BCUT2D eigenvalue weighted by Gasteiger charge is 2.35. The second kappa shape index (κ2) is 5.47. The molecule has 2 aromatic carbocycles. The van der Waals surface area contributed by atoms with E-state index >= 15 is 0 Å². The lowest BCUT2D eigenvalue weighted by molar-refractivity contribution is -0.0942. The number of hydrogen-bond acceptors (Lipinski definition) is 4. The minimum atomic E-state index is -0.933. The van der Waals surface area contributed by atoms with E-state index in [4.69, 9.17) is 14.7 Å². The number of hydrogen-bond donors (Lipinski definition) is 1. The van der Waals surface area contributed by atoms with Crippen LogP contribution in [0.15, 0.2) is 48.5 Å². The second-order valence-electron chi connectivity index (χ2n) is 4.57. The van der Waals surface area contributed by atoms with Gasteiger partial charge in [-0.15, -0.1) is 0 Å². The molecule has 5 heteroatoms. The van der Waals surface area contributed by atoms with Gasteiger partial charge >= 0.3 is 7.12 Å². The molecule has 2 aromatic rings. The minimum Gasteiger partial charge on any atom is -0.423 e. The average molecular weight is 265 g/mol. The van der Waals surface area contributed by atoms with Crippen LogP contribution in [-0.2, 0) is 16.0 Å². The third-order valence-electron chi connectivity index (χ3n) is 3.25. The third kappa shape index (κ3) is 2.45. The van der Waals surface area contributed by atoms with E-state index in [1.165, 1.54) is 0 Å². The summed E-state index contributed by atoms with van der Waals surface area (Å²) in [5, 5.41) is 18.5. The van der Waals surface area contributed by atoms with Crippen LogP contribution in [0.25, 0.3) is 0 Å². The second-order valence-corrected chi connectivity index (χ2v) is 4.57. The molecule has 98 valence electrons. The summed E-state index contributed by atoms with van der Waals surface area (Å²) in [5.41, 5.74) is 3.17. The van der Waals surface area contributed by atoms with Gasteiger partial charge in [0.25, 0.3) is 0 Å². The van der Waals surface area contributed by atoms with E-state index in [1.54, 1.807) is 12.1 Å². The zero-order valence-electron chi connectivity index (χ0n) is 10.7. The molecule has 1 aliphatic heterocycles. The molecule has 4 nitrogen and oxygen atoms in total. The quantitative estimate of drug-likeness (QED) is 0.854. The SMILES string of the molecule is N#Cc1ccc(COC2OB(O)c3ccccc32)cc1. The lowest BCUT2D eigenvalue weighted by Gasteiger charge is -2.13. The van der Waals surface area contributed by atoms with Crippen LogP contribution in [0, 0.1) is 11.3 Å². The summed E-state index contributed by atoms with van der Waals surface area (Å²) >= 11 is 0. The van der Waals surface area contributed by atoms with Gasteiger partial charge in [0.2, 0.25) is 0 Å². The van der Waals surface area contributed by atoms with Gasteiger partial charge in [-0.25, -0.2) is 0 Å². The van der Waals surface area contributed by atoms with Gasteiger partial charge in [0.1, 0.15) is 0 Å². The van der Waals surface area contributed by atoms with E-state index < -0.39 is 13.4 Å². The van der Waals surface area contributed by atoms with Crippen molar-refractivity contribution in [1.29, 1.82) is 5.26 Å². The molecule has 0 spiro atoms. The van der Waals surface area contributed by atoms with Crippen molar-refractivity contribution >= 4 is 12.6 Å². The first-order valence-corrected chi connectivity index (χ1v) is 6.31. The highest BCUT2D eigenvalue weighted by Crippen LogP contribution is 2.25. The number of benzene rings is 2. The average Bonchev–Trinajstić information content (AvgIpc) is 2.83. The molecule has 1 heterocycles. The largest absolute Gasteiger partial charge is 0.493 e. The molecule has 0 amide bonds. The fourth-order valence-corrected chi connectivity index (χ4v) is 2.19. The summed E-state index contributed by atoms with van der Waals surface area (Å²) in [7, 11) is -0.933. The minimum absolute atomic E-state index is 0.359. The Hall–Kier alpha value is -2.13. The van der Waals surface area contributed by atoms with Crippen LogP contribution in [0.1, 0.15) is 23.0 Å². The van der Waals surface area contributed by atoms with E-state index in [1.807, 2.05) is 36.4 Å². The van der Waals surface area contributed by atoms with Crippen LogP contribution in [0.4, 0.5) is 0 Å². The van der Waals surface area contributed by atoms with Gasteiger partial charge < -0.3 is 14.4 Å². The van der Waals surface area contributed by atoms with E-state index in [2.05, 4.69) is 6.07 Å². The summed E-state index contributed by atoms with van der Waals surface area (Å²) in [6.07, 6.45) is -0.558. The van der Waals surface area contributed by atoms with Crippen molar-refractivity contribution in [1.82, 2.24) is 0 Å². The van der Waals surface area contributed by atoms with Crippen molar-refractivity contribution in [3.63, 3.8) is 0 Å². The van der Waals surface area contributed by atoms with Gasteiger partial charge in [0, 0.05) is 5.56 Å². The van der Waals surface area contributed by atoms with Crippen molar-refractivity contribution in [3.8, 4) is 6.07 Å². The highest BCUT2D eigenvalue weighted by molar-refractivity contribution is 6.61. The van der Waals surface area contributed by atoms with Gasteiger partial charge in [0.05, 0.1) is 18.2 Å². The van der Waals surface area contributed by atoms with E-state index in [0.29, 0.717) is 12.2 Å². The number of rotatable bonds is 3. The van der Waals surface area contributed by atoms with Gasteiger partial charge in [-0.1, -0.05) is 36.4 Å². The van der Waals surface area contributed by atoms with Gasteiger partial charge in [-0.3, -0.25) is 0 Å². The summed E-state index contributed by atoms with van der Waals surface area (Å²) in [6, 6.07) is 16.7. The highest BCUT2D eigenvalue weighted by atomic mass is 16.7. The first kappa shape index (κ1) is 12.9. The zero-order valence-corrected chi connectivity index (χ0v) is 10.7. The third-order valence-corrected chi connectivity index (χ3v) is 3.25. The zero-order chi connectivity index (χ0) is 13.9. The smallest absolute Gasteiger partial charge is 0.423 e. The molecule has 1 N–H and O–H groups in total. The van der Waals surface area contributed by atoms with Gasteiger partial charge in [0.15, 0.2) is 6.29 Å². The molecule has 0 fully saturated rings. The monoisotopic (exact) mass is 265 g/mol. The fraction of sp³-hybridized carbons (Fsp3) is 0.133. The molecule has 0 aromatic heterocycles. The summed E-state index contributed by atoms with van der Waals surface area (Å²) < 4.78 is 11.1. The molecule has 20 heavy (non-hydrogen) atoms. The lowest BCUT2D eigenvalue weighted by atomic mass is 9.80. The topological polar surface area (TPSA) is 62.5 Å². The molecule has 1 atom stereocenters. The molecule has 0 radical (unpaired) electrons. The number of ether oxygens (including phenoxy) is 1. The molecule has 1 unspecified atom stereocenters. The van der Waals surface area contributed by atoms with Crippen molar-refractivity contribution in [2.24, 2.45) is 0 Å². The van der Waals surface area contributed by atoms with E-state index in [9.17, 15) is 5.02 Å². The van der Waals surface area contributed by atoms with Crippen LogP contribution < -0.4 is 5.46 Å². The summed E-state index contributed by atoms with van der Waals surface area (Å²) in [5.74, 6) is 0. The van der Waals surface area contributed by atoms with E-state index in [-0.39, 0.29) is 0 Å². The van der Waals surface area contributed by atoms with Crippen LogP contribution in [0.2, 0.25) is 0 Å². The van der Waals surface area contributed by atoms with Crippen LogP contribution in [0.5, 0.6) is 0 Å². The predicted molar refractivity (Wildman–Crippen MR) is 73.8 cm³/mol. The predicted octanol–water partition coefficient (Wildman–Crippen LogP) is 1.49. The number of nitriles is 1. The molecule has 3 rings (SSSR count). The van der Waals surface area contributed by atoms with Crippen molar-refractivity contribution in [3.05, 3.63) is 65.2 Å². The van der Waals surface area contributed by atoms with E-state index in [0.717, 1.165) is 16.6 Å². The van der Waals surface area contributed by atoms with Gasteiger partial charge in [-0.2, -0.15) is 5.26 Å². The van der Waals surface area contributed by atoms with Crippen LogP contribution in [0.3, 0.4) is 0 Å². The van der Waals surface area contributed by atoms with Crippen molar-refractivity contribution < 1.29 is 14.4 Å². The molecule has 0 bridgehead atoms. The first-order chi connectivity index (χ1) is 9.78. The Kier molecular flexibility index (Phi) is 3.53. The molecular weight excluding hydrogens is 253 g/mol. The van der Waals surface area contributed by atoms with Crippen molar-refractivity contribution in [2.45, 2.75) is 12.9 Å². The summed E-state index contributed by atoms with van der Waals surface area (Å²) in [4.78, 5) is 0. The number of nitrogens with zero attached hydrogens (tertiary/aromatic N) is 1. The molecule has 0 saturated heterocycles. The molecule has 0 saturated carbocycles. The molecule has 1 aliphatic rings. The normalized spacial score (nSPS) is 16.8. The Balaban J connectivity index is 1.69. The maximum atomic E-state index is 9.78. The van der Waals surface area contributed by atoms with Crippen LogP contribution in [-0.4, -0.2) is 12.1 Å². The lowest BCUT2D eigenvalue weighted by Crippen LogP contribution is -2.27. The Morgan fingerprint density at radius 3 is 2.70 bits per heavy atom. The van der Waals surface area contributed by atoms with Gasteiger partial charge in [-0.05, 0) is 23.2 Å². The maximum absolute atomic E-state index is 9.78. The fourth-order valence-electron chi connectivity index (χ4n) is 2.19. The Bertz CT molecular complexity index is 651. The Morgan fingerprint density at radius 1 is 1.20 bits per heavy atom. The van der Waals surface area contributed by atoms with Crippen molar-refractivity contribution in [2.75, 3.05) is 0 Å². The Labute approximate surface area is 117 Å².